The summed E-state index contributed by atoms with van der Waals surface area (Å²) in [5.41, 5.74) is 0.525. The number of carboxylic acids is 3. The van der Waals surface area contributed by atoms with E-state index in [0.29, 0.717) is 33.6 Å². The molecular weight excluding hydrogens is 805 g/mol. The number of halogens is 2. The lowest BCUT2D eigenvalue weighted by molar-refractivity contribution is -0.170. The number of fused-ring (bicyclic) bond motifs is 1. The van der Waals surface area contributed by atoms with Crippen LogP contribution in [0, 0.1) is 11.3 Å². The minimum atomic E-state index is -2.74. The zero-order chi connectivity index (χ0) is 42.7. The van der Waals surface area contributed by atoms with E-state index in [1.165, 1.54) is 5.56 Å². The van der Waals surface area contributed by atoms with Crippen molar-refractivity contribution in [1.29, 1.82) is 5.26 Å². The van der Waals surface area contributed by atoms with E-state index in [1.54, 1.807) is 11.0 Å². The number of rotatable bonds is 15. The van der Waals surface area contributed by atoms with Crippen molar-refractivity contribution < 1.29 is 43.8 Å². The molecule has 4 N–H and O–H groups in total. The molecule has 308 valence electrons. The molecule has 0 aliphatic carbocycles. The molecular formula is C43H47Cl2N3O9S. The number of likely N-dealkylation sites (N-methyl/N-ethyl adjacent to an activating group) is 1. The first-order valence-corrected chi connectivity index (χ1v) is 20.7. The fourth-order valence-electron chi connectivity index (χ4n) is 7.08. The third-order valence-electron chi connectivity index (χ3n) is 10.1. The Hall–Kier alpha value is -4.84. The van der Waals surface area contributed by atoms with E-state index < -0.39 is 47.2 Å². The molecule has 0 radical (unpaired) electrons. The number of likely N-dealkylation sites (tertiary alicyclic amines) is 1. The van der Waals surface area contributed by atoms with Crippen LogP contribution in [0.5, 0.6) is 0 Å². The Balaban J connectivity index is 0.000000492. The summed E-state index contributed by atoms with van der Waals surface area (Å²) in [7, 11) is 0.817. The molecule has 1 fully saturated rings. The average molecular weight is 853 g/mol. The van der Waals surface area contributed by atoms with Crippen molar-refractivity contribution in [3.63, 3.8) is 0 Å². The van der Waals surface area contributed by atoms with E-state index in [1.807, 2.05) is 81.6 Å². The molecule has 4 aromatic carbocycles. The van der Waals surface area contributed by atoms with E-state index in [0.717, 1.165) is 60.1 Å². The average Bonchev–Trinajstić information content (AvgIpc) is 3.19. The van der Waals surface area contributed by atoms with Gasteiger partial charge >= 0.3 is 17.9 Å². The summed E-state index contributed by atoms with van der Waals surface area (Å²) in [6.45, 7) is 7.32. The molecule has 1 aliphatic rings. The quantitative estimate of drug-likeness (QED) is 0.0930. The minimum Gasteiger partial charge on any atom is -0.481 e. The van der Waals surface area contributed by atoms with Crippen molar-refractivity contribution in [2.45, 2.75) is 73.5 Å². The number of nitrogens with zero attached hydrogens (tertiary/aromatic N) is 3. The topological polar surface area (TPSA) is 197 Å². The number of carbonyl (C=O) groups is 4. The van der Waals surface area contributed by atoms with Crippen LogP contribution in [-0.2, 0) is 25.2 Å². The maximum atomic E-state index is 13.8. The summed E-state index contributed by atoms with van der Waals surface area (Å²) in [6, 6.07) is 27.3. The molecule has 2 atom stereocenters. The number of hydrogen-bond acceptors (Lipinski definition) is 8. The first-order valence-electron chi connectivity index (χ1n) is 18.7. The Morgan fingerprint density at radius 2 is 1.53 bits per heavy atom. The van der Waals surface area contributed by atoms with Crippen LogP contribution in [0.25, 0.3) is 10.8 Å². The van der Waals surface area contributed by atoms with Gasteiger partial charge in [-0.25, -0.2) is 4.79 Å². The number of carbonyl (C=O) groups excluding carboxylic acids is 1. The van der Waals surface area contributed by atoms with E-state index in [2.05, 4.69) is 23.1 Å². The molecule has 1 aliphatic heterocycles. The molecule has 1 saturated heterocycles. The largest absolute Gasteiger partial charge is 0.481 e. The Morgan fingerprint density at radius 3 is 2.12 bits per heavy atom. The molecule has 0 spiro atoms. The van der Waals surface area contributed by atoms with Crippen LogP contribution in [0.4, 0.5) is 0 Å². The van der Waals surface area contributed by atoms with Crippen molar-refractivity contribution in [3.05, 3.63) is 111 Å². The van der Waals surface area contributed by atoms with Crippen LogP contribution in [-0.4, -0.2) is 102 Å². The number of benzene rings is 4. The van der Waals surface area contributed by atoms with E-state index in [-0.39, 0.29) is 17.1 Å². The Labute approximate surface area is 350 Å². The monoisotopic (exact) mass is 851 g/mol. The zero-order valence-corrected chi connectivity index (χ0v) is 34.8. The molecule has 0 bridgehead atoms. The van der Waals surface area contributed by atoms with Crippen molar-refractivity contribution in [2.24, 2.45) is 0 Å². The number of nitriles is 1. The van der Waals surface area contributed by atoms with E-state index in [4.69, 9.17) is 43.6 Å². The van der Waals surface area contributed by atoms with Gasteiger partial charge in [0.15, 0.2) is 5.60 Å². The molecule has 0 saturated carbocycles. The SMILES string of the molecule is CC(C)S(=O)c1ccccc1C1CCN(CC[C@H](CN(C)C(=O)c2cc(C#N)cc3ccccc23)c2ccc(Cl)c(Cl)c2)CC1.O=C(O)CC(O)(CC(=O)O)C(=O)O. The Morgan fingerprint density at radius 1 is 0.914 bits per heavy atom. The summed E-state index contributed by atoms with van der Waals surface area (Å²) in [6.07, 6.45) is 0.589. The number of hydrogen-bond donors (Lipinski definition) is 4. The minimum absolute atomic E-state index is 0.0334. The molecule has 0 aromatic heterocycles. The zero-order valence-electron chi connectivity index (χ0n) is 32.4. The summed E-state index contributed by atoms with van der Waals surface area (Å²) < 4.78 is 13.0. The first-order chi connectivity index (χ1) is 27.4. The smallest absolute Gasteiger partial charge is 0.336 e. The molecule has 58 heavy (non-hydrogen) atoms. The van der Waals surface area contributed by atoms with Gasteiger partial charge in [0.1, 0.15) is 0 Å². The highest BCUT2D eigenvalue weighted by molar-refractivity contribution is 7.85. The van der Waals surface area contributed by atoms with Crippen LogP contribution in [0.3, 0.4) is 0 Å². The fourth-order valence-corrected chi connectivity index (χ4v) is 8.57. The number of piperidine rings is 1. The lowest BCUT2D eigenvalue weighted by atomic mass is 9.88. The Kier molecular flexibility index (Phi) is 16.4. The van der Waals surface area contributed by atoms with Gasteiger partial charge in [-0.1, -0.05) is 85.6 Å². The third-order valence-corrected chi connectivity index (χ3v) is 12.5. The maximum Gasteiger partial charge on any atom is 0.336 e. The molecule has 15 heteroatoms. The molecule has 1 amide bonds. The summed E-state index contributed by atoms with van der Waals surface area (Å²) >= 11 is 12.7. The van der Waals surface area contributed by atoms with Gasteiger partial charge in [-0.15, -0.1) is 0 Å². The summed E-state index contributed by atoms with van der Waals surface area (Å²) in [5.74, 6) is -4.71. The van der Waals surface area contributed by atoms with Gasteiger partial charge in [0.05, 0.1) is 45.3 Å². The highest BCUT2D eigenvalue weighted by Gasteiger charge is 2.40. The predicted octanol–water partition coefficient (Wildman–Crippen LogP) is 7.41. The maximum absolute atomic E-state index is 13.8. The highest BCUT2D eigenvalue weighted by Crippen LogP contribution is 2.34. The summed E-state index contributed by atoms with van der Waals surface area (Å²) in [4.78, 5) is 49.6. The van der Waals surface area contributed by atoms with Crippen molar-refractivity contribution >= 4 is 68.6 Å². The molecule has 5 rings (SSSR count). The van der Waals surface area contributed by atoms with Crippen molar-refractivity contribution in [1.82, 2.24) is 9.80 Å². The van der Waals surface area contributed by atoms with Gasteiger partial charge in [-0.05, 0) is 97.0 Å². The van der Waals surface area contributed by atoms with Gasteiger partial charge < -0.3 is 30.2 Å². The van der Waals surface area contributed by atoms with Crippen molar-refractivity contribution in [3.8, 4) is 6.07 Å². The fraction of sp³-hybridized carbons (Fsp3) is 0.372. The number of carboxylic acid groups (broad SMARTS) is 3. The summed E-state index contributed by atoms with van der Waals surface area (Å²) in [5, 5.41) is 46.2. The van der Waals surface area contributed by atoms with E-state index >= 15 is 0 Å². The van der Waals surface area contributed by atoms with Crippen LogP contribution in [0.1, 0.15) is 84.8 Å². The third kappa shape index (κ3) is 12.1. The number of aliphatic hydroxyl groups is 1. The predicted molar refractivity (Wildman–Crippen MR) is 223 cm³/mol. The van der Waals surface area contributed by atoms with Crippen LogP contribution >= 0.6 is 23.2 Å². The molecule has 1 unspecified atom stereocenters. The van der Waals surface area contributed by atoms with Gasteiger partial charge in [-0.3, -0.25) is 18.6 Å². The highest BCUT2D eigenvalue weighted by atomic mass is 35.5. The standard InChI is InChI=1S/C37H39Cl2N3O2S.C6H8O7/c1-25(2)45(44)36-11-7-6-10-32(36)27-14-17-42(18-15-27)19-16-30(28-12-13-34(38)35(39)22-28)24-41(3)37(43)33-21-26(23-40)20-29-8-4-5-9-31(29)33;7-3(8)1-6(13,5(11)12)2-4(9)10/h4-13,20-22,25,27,30H,14-19,24H2,1-3H3;13H,1-2H2,(H,7,8)(H,9,10)(H,11,12)/t30-,45?;/m1./s1. The first kappa shape index (κ1) is 45.9. The van der Waals surface area contributed by atoms with Crippen LogP contribution < -0.4 is 0 Å². The normalized spacial score (nSPS) is 14.5. The van der Waals surface area contributed by atoms with Crippen LogP contribution in [0.2, 0.25) is 10.0 Å². The second kappa shape index (κ2) is 20.7. The Bertz CT molecular complexity index is 2190. The lowest BCUT2D eigenvalue weighted by Crippen LogP contribution is -2.42. The molecule has 1 heterocycles. The van der Waals surface area contributed by atoms with E-state index in [9.17, 15) is 28.6 Å². The van der Waals surface area contributed by atoms with Gasteiger partial charge in [-0.2, -0.15) is 5.26 Å². The number of amides is 1. The molecule has 12 nitrogen and oxygen atoms in total. The van der Waals surface area contributed by atoms with Gasteiger partial charge in [0.25, 0.3) is 5.91 Å². The van der Waals surface area contributed by atoms with Crippen molar-refractivity contribution in [2.75, 3.05) is 33.2 Å². The number of aliphatic carboxylic acids is 3. The molecule has 4 aromatic rings. The van der Waals surface area contributed by atoms with Gasteiger partial charge in [0.2, 0.25) is 0 Å². The second-order valence-corrected chi connectivity index (χ2v) is 17.5. The van der Waals surface area contributed by atoms with Crippen LogP contribution in [0.15, 0.2) is 83.8 Å². The second-order valence-electron chi connectivity index (χ2n) is 14.7. The lowest BCUT2D eigenvalue weighted by Gasteiger charge is -2.34. The van der Waals surface area contributed by atoms with Gasteiger partial charge in [0, 0.05) is 35.2 Å².